The van der Waals surface area contributed by atoms with Crippen LogP contribution in [0.2, 0.25) is 5.02 Å². The summed E-state index contributed by atoms with van der Waals surface area (Å²) in [6.07, 6.45) is 2.04. The molecule has 1 amide bonds. The van der Waals surface area contributed by atoms with Crippen molar-refractivity contribution in [1.82, 2.24) is 0 Å². The van der Waals surface area contributed by atoms with Gasteiger partial charge >= 0.3 is 5.97 Å². The molecule has 0 radical (unpaired) electrons. The lowest BCUT2D eigenvalue weighted by Gasteiger charge is -2.13. The van der Waals surface area contributed by atoms with Crippen LogP contribution >= 0.6 is 11.6 Å². The molecule has 36 heavy (non-hydrogen) atoms. The summed E-state index contributed by atoms with van der Waals surface area (Å²) in [5.41, 5.74) is 5.53. The Bertz CT molecular complexity index is 1330. The summed E-state index contributed by atoms with van der Waals surface area (Å²) in [7, 11) is 1.56. The molecule has 0 aliphatic heterocycles. The van der Waals surface area contributed by atoms with E-state index in [0.29, 0.717) is 34.0 Å². The van der Waals surface area contributed by atoms with Gasteiger partial charge in [0.1, 0.15) is 17.4 Å². The van der Waals surface area contributed by atoms with Crippen LogP contribution in [0.1, 0.15) is 45.1 Å². The second kappa shape index (κ2) is 12.1. The number of hydrogen-bond donors (Lipinski definition) is 1. The van der Waals surface area contributed by atoms with Gasteiger partial charge < -0.3 is 14.8 Å². The first kappa shape index (κ1) is 26.5. The first-order valence-corrected chi connectivity index (χ1v) is 11.8. The zero-order valence-corrected chi connectivity index (χ0v) is 21.4. The number of amides is 1. The number of anilines is 1. The van der Waals surface area contributed by atoms with Gasteiger partial charge in [0.15, 0.2) is 0 Å². The maximum Gasteiger partial charge on any atom is 0.338 e. The highest BCUT2D eigenvalue weighted by atomic mass is 35.5. The predicted molar refractivity (Wildman–Crippen MR) is 141 cm³/mol. The number of carbonyl (C=O) groups excluding carboxylic acids is 2. The fourth-order valence-electron chi connectivity index (χ4n) is 3.86. The van der Waals surface area contributed by atoms with Crippen molar-refractivity contribution in [3.8, 4) is 11.8 Å². The normalized spacial score (nSPS) is 10.9. The predicted octanol–water partition coefficient (Wildman–Crippen LogP) is 6.28. The number of nitrogens with zero attached hydrogens (tertiary/aromatic N) is 1. The minimum absolute atomic E-state index is 0.107. The Balaban J connectivity index is 1.82. The lowest BCUT2D eigenvalue weighted by atomic mass is 9.98. The molecular weight excluding hydrogens is 476 g/mol. The average molecular weight is 503 g/mol. The van der Waals surface area contributed by atoms with Crippen LogP contribution in [0.15, 0.2) is 60.2 Å². The van der Waals surface area contributed by atoms with E-state index in [1.165, 1.54) is 17.2 Å². The van der Waals surface area contributed by atoms with E-state index in [-0.39, 0.29) is 12.2 Å². The number of hydrogen-bond acceptors (Lipinski definition) is 5. The largest absolute Gasteiger partial charge is 0.496 e. The molecule has 3 aromatic rings. The molecule has 7 heteroatoms. The first-order valence-electron chi connectivity index (χ1n) is 11.4. The molecule has 0 bridgehead atoms. The molecule has 0 aromatic heterocycles. The van der Waals surface area contributed by atoms with Crippen LogP contribution in [0.25, 0.3) is 6.08 Å². The fourth-order valence-corrected chi connectivity index (χ4v) is 4.15. The maximum atomic E-state index is 12.7. The Labute approximate surface area is 216 Å². The van der Waals surface area contributed by atoms with Crippen molar-refractivity contribution >= 4 is 35.2 Å². The molecule has 0 atom stereocenters. The van der Waals surface area contributed by atoms with Crippen molar-refractivity contribution in [2.45, 2.75) is 27.2 Å². The topological polar surface area (TPSA) is 88.4 Å². The van der Waals surface area contributed by atoms with Gasteiger partial charge in [-0.2, -0.15) is 5.26 Å². The number of methoxy groups -OCH3 is 1. The van der Waals surface area contributed by atoms with Crippen LogP contribution in [-0.2, 0) is 16.0 Å². The van der Waals surface area contributed by atoms with E-state index in [9.17, 15) is 14.9 Å². The van der Waals surface area contributed by atoms with Gasteiger partial charge in [-0.1, -0.05) is 40.9 Å². The molecule has 1 N–H and O–H groups in total. The second-order valence-corrected chi connectivity index (χ2v) is 8.69. The molecule has 0 aliphatic rings. The lowest BCUT2D eigenvalue weighted by Crippen LogP contribution is -2.13. The molecule has 0 aliphatic carbocycles. The Kier molecular flexibility index (Phi) is 8.88. The number of carbonyl (C=O) groups is 2. The van der Waals surface area contributed by atoms with Gasteiger partial charge in [0.05, 0.1) is 19.3 Å². The first-order chi connectivity index (χ1) is 17.2. The lowest BCUT2D eigenvalue weighted by molar-refractivity contribution is -0.112. The monoisotopic (exact) mass is 502 g/mol. The third kappa shape index (κ3) is 6.74. The van der Waals surface area contributed by atoms with E-state index in [0.717, 1.165) is 11.1 Å². The number of aryl methyl sites for hydroxylation is 2. The summed E-state index contributed by atoms with van der Waals surface area (Å²) in [5.74, 6) is -0.462. The number of nitrogens with one attached hydrogen (secondary N) is 1. The number of halogens is 1. The molecule has 0 saturated carbocycles. The van der Waals surface area contributed by atoms with E-state index < -0.39 is 11.9 Å². The minimum atomic E-state index is -0.587. The maximum absolute atomic E-state index is 12.7. The highest BCUT2D eigenvalue weighted by Crippen LogP contribution is 2.32. The van der Waals surface area contributed by atoms with Gasteiger partial charge in [0.25, 0.3) is 5.91 Å². The van der Waals surface area contributed by atoms with Crippen molar-refractivity contribution < 1.29 is 19.1 Å². The quantitative estimate of drug-likeness (QED) is 0.222. The second-order valence-electron chi connectivity index (χ2n) is 8.28. The van der Waals surface area contributed by atoms with Gasteiger partial charge in [-0.3, -0.25) is 4.79 Å². The van der Waals surface area contributed by atoms with Gasteiger partial charge in [0.2, 0.25) is 0 Å². The highest BCUT2D eigenvalue weighted by Gasteiger charge is 2.15. The molecule has 184 valence electrons. The minimum Gasteiger partial charge on any atom is -0.496 e. The average Bonchev–Trinajstić information content (AvgIpc) is 2.83. The van der Waals surface area contributed by atoms with Crippen molar-refractivity contribution in [3.63, 3.8) is 0 Å². The van der Waals surface area contributed by atoms with Crippen LogP contribution < -0.4 is 10.1 Å². The van der Waals surface area contributed by atoms with Crippen LogP contribution in [-0.4, -0.2) is 25.6 Å². The highest BCUT2D eigenvalue weighted by molar-refractivity contribution is 6.31. The molecule has 0 spiro atoms. The summed E-state index contributed by atoms with van der Waals surface area (Å²) in [4.78, 5) is 24.5. The van der Waals surface area contributed by atoms with E-state index >= 15 is 0 Å². The van der Waals surface area contributed by atoms with Crippen LogP contribution in [0.4, 0.5) is 5.69 Å². The van der Waals surface area contributed by atoms with Gasteiger partial charge in [0, 0.05) is 22.7 Å². The third-order valence-electron chi connectivity index (χ3n) is 5.39. The zero-order valence-electron chi connectivity index (χ0n) is 20.6. The molecule has 3 aromatic carbocycles. The molecular formula is C29H27ClN2O4. The zero-order chi connectivity index (χ0) is 26.2. The van der Waals surface area contributed by atoms with Gasteiger partial charge in [-0.15, -0.1) is 0 Å². The molecule has 0 heterocycles. The third-order valence-corrected chi connectivity index (χ3v) is 5.73. The van der Waals surface area contributed by atoms with Crippen molar-refractivity contribution in [1.29, 1.82) is 5.26 Å². The Morgan fingerprint density at radius 3 is 2.31 bits per heavy atom. The fraction of sp³-hybridized carbons (Fsp3) is 0.207. The van der Waals surface area contributed by atoms with Crippen molar-refractivity contribution in [2.75, 3.05) is 19.0 Å². The molecule has 3 rings (SSSR count). The Morgan fingerprint density at radius 2 is 1.72 bits per heavy atom. The Morgan fingerprint density at radius 1 is 1.06 bits per heavy atom. The Hall–Kier alpha value is -4.08. The summed E-state index contributed by atoms with van der Waals surface area (Å²) < 4.78 is 10.5. The summed E-state index contributed by atoms with van der Waals surface area (Å²) in [5, 5.41) is 12.7. The number of esters is 1. The smallest absolute Gasteiger partial charge is 0.338 e. The van der Waals surface area contributed by atoms with E-state index in [1.807, 2.05) is 19.9 Å². The SMILES string of the molecule is CCOC(=O)c1ccc(NC(=O)/C(C#N)=C/c2cc(Cl)c(Cc3cc(C)cc(C)c3)c(OC)c2)cc1. The van der Waals surface area contributed by atoms with Crippen molar-refractivity contribution in [3.05, 3.63) is 98.6 Å². The number of ether oxygens (including phenoxy) is 2. The summed E-state index contributed by atoms with van der Waals surface area (Å²) in [6, 6.07) is 17.9. The number of rotatable bonds is 8. The number of benzene rings is 3. The summed E-state index contributed by atoms with van der Waals surface area (Å²) >= 11 is 6.61. The van der Waals surface area contributed by atoms with Gasteiger partial charge in [-0.25, -0.2) is 4.79 Å². The van der Waals surface area contributed by atoms with Crippen LogP contribution in [0.3, 0.4) is 0 Å². The van der Waals surface area contributed by atoms with Gasteiger partial charge in [-0.05, 0) is 74.4 Å². The van der Waals surface area contributed by atoms with Crippen LogP contribution in [0, 0.1) is 25.2 Å². The molecule has 0 unspecified atom stereocenters. The van der Waals surface area contributed by atoms with E-state index in [4.69, 9.17) is 21.1 Å². The molecule has 0 saturated heterocycles. The standard InChI is InChI=1S/C29H27ClN2O4/c1-5-36-29(34)22-6-8-24(9-7-22)32-28(33)23(17-31)13-21-15-26(30)25(27(16-21)35-4)14-20-11-18(2)10-19(3)12-20/h6-13,15-16H,5,14H2,1-4H3,(H,32,33)/b23-13+. The number of nitriles is 1. The van der Waals surface area contributed by atoms with Crippen molar-refractivity contribution in [2.24, 2.45) is 0 Å². The molecule has 6 nitrogen and oxygen atoms in total. The molecule has 0 fully saturated rings. The van der Waals surface area contributed by atoms with E-state index in [1.54, 1.807) is 50.4 Å². The van der Waals surface area contributed by atoms with Crippen LogP contribution in [0.5, 0.6) is 5.75 Å². The summed E-state index contributed by atoms with van der Waals surface area (Å²) in [6.45, 7) is 6.09. The van der Waals surface area contributed by atoms with E-state index in [2.05, 4.69) is 23.5 Å².